The second kappa shape index (κ2) is 9.21. The third kappa shape index (κ3) is 4.51. The summed E-state index contributed by atoms with van der Waals surface area (Å²) in [5, 5.41) is 6.79. The number of nitrogens with one attached hydrogen (secondary N) is 2. The number of aryl methyl sites for hydroxylation is 1. The number of fused-ring (bicyclic) bond motifs is 2. The normalized spacial score (nSPS) is 13.1. The molecule has 0 aliphatic heterocycles. The molecule has 0 saturated carbocycles. The quantitative estimate of drug-likeness (QED) is 0.541. The Hall–Kier alpha value is -2.68. The molecule has 7 nitrogen and oxygen atoms in total. The standard InChI is InChI=1S/C22H21ClN2O5S/c1-29-9-8-24-21(28)19-13-4-2-3-5-18(13)31-22(19)25-20(27)17-11-15(26)14-10-12(23)6-7-16(14)30-17/h6-7,10-11H,2-5,8-9H2,1H3,(H,24,28)(H,25,27). The topological polar surface area (TPSA) is 97.6 Å². The molecule has 0 radical (unpaired) electrons. The van der Waals surface area contributed by atoms with E-state index in [1.54, 1.807) is 19.2 Å². The molecular formula is C22H21ClN2O5S. The van der Waals surface area contributed by atoms with E-state index < -0.39 is 5.91 Å². The van der Waals surface area contributed by atoms with Gasteiger partial charge in [-0.25, -0.2) is 0 Å². The lowest BCUT2D eigenvalue weighted by Gasteiger charge is -2.13. The van der Waals surface area contributed by atoms with Crippen LogP contribution < -0.4 is 16.1 Å². The van der Waals surface area contributed by atoms with Crippen LogP contribution in [0.3, 0.4) is 0 Å². The first-order chi connectivity index (χ1) is 15.0. The zero-order valence-electron chi connectivity index (χ0n) is 16.9. The third-order valence-corrected chi connectivity index (χ3v) is 6.57. The number of carbonyl (C=O) groups is 2. The van der Waals surface area contributed by atoms with E-state index in [0.717, 1.165) is 42.2 Å². The van der Waals surface area contributed by atoms with Crippen molar-refractivity contribution in [1.29, 1.82) is 0 Å². The van der Waals surface area contributed by atoms with Gasteiger partial charge in [-0.05, 0) is 49.4 Å². The smallest absolute Gasteiger partial charge is 0.292 e. The van der Waals surface area contributed by atoms with E-state index in [-0.39, 0.29) is 22.7 Å². The van der Waals surface area contributed by atoms with Gasteiger partial charge in [-0.2, -0.15) is 0 Å². The molecule has 2 aromatic heterocycles. The number of methoxy groups -OCH3 is 1. The number of anilines is 1. The first kappa shape index (κ1) is 21.5. The first-order valence-corrected chi connectivity index (χ1v) is 11.1. The Kier molecular flexibility index (Phi) is 6.41. The van der Waals surface area contributed by atoms with E-state index in [0.29, 0.717) is 34.1 Å². The maximum atomic E-state index is 12.9. The van der Waals surface area contributed by atoms with Crippen LogP contribution in [-0.4, -0.2) is 32.1 Å². The van der Waals surface area contributed by atoms with E-state index in [1.807, 2.05) is 0 Å². The summed E-state index contributed by atoms with van der Waals surface area (Å²) in [5.74, 6) is -0.961. The van der Waals surface area contributed by atoms with Crippen molar-refractivity contribution < 1.29 is 18.7 Å². The lowest BCUT2D eigenvalue weighted by molar-refractivity contribution is 0.0937. The molecule has 3 aromatic rings. The van der Waals surface area contributed by atoms with E-state index in [4.69, 9.17) is 20.8 Å². The van der Waals surface area contributed by atoms with E-state index in [2.05, 4.69) is 10.6 Å². The summed E-state index contributed by atoms with van der Waals surface area (Å²) in [7, 11) is 1.57. The summed E-state index contributed by atoms with van der Waals surface area (Å²) in [6.45, 7) is 0.765. The summed E-state index contributed by atoms with van der Waals surface area (Å²) < 4.78 is 10.6. The third-order valence-electron chi connectivity index (χ3n) is 5.13. The first-order valence-electron chi connectivity index (χ1n) is 9.94. The van der Waals surface area contributed by atoms with Gasteiger partial charge < -0.3 is 19.8 Å². The Bertz CT molecular complexity index is 1220. The van der Waals surface area contributed by atoms with E-state index >= 15 is 0 Å². The Morgan fingerprint density at radius 1 is 1.19 bits per heavy atom. The van der Waals surface area contributed by atoms with Crippen molar-refractivity contribution in [2.75, 3.05) is 25.6 Å². The van der Waals surface area contributed by atoms with Crippen molar-refractivity contribution in [3.8, 4) is 0 Å². The molecule has 1 aliphatic rings. The molecule has 162 valence electrons. The van der Waals surface area contributed by atoms with E-state index in [9.17, 15) is 14.4 Å². The van der Waals surface area contributed by atoms with Crippen LogP contribution in [0.25, 0.3) is 11.0 Å². The van der Waals surface area contributed by atoms with Gasteiger partial charge in [-0.1, -0.05) is 11.6 Å². The highest BCUT2D eigenvalue weighted by Gasteiger charge is 2.27. The van der Waals surface area contributed by atoms with Gasteiger partial charge in [-0.15, -0.1) is 11.3 Å². The minimum atomic E-state index is -0.585. The molecule has 0 spiro atoms. The number of halogens is 1. The second-order valence-electron chi connectivity index (χ2n) is 7.23. The molecule has 2 heterocycles. The minimum absolute atomic E-state index is 0.128. The lowest BCUT2D eigenvalue weighted by Crippen LogP contribution is -2.28. The number of thiophene rings is 1. The van der Waals surface area contributed by atoms with Crippen LogP contribution in [0, 0.1) is 0 Å². The Morgan fingerprint density at radius 3 is 2.81 bits per heavy atom. The molecule has 1 aliphatic carbocycles. The molecule has 4 rings (SSSR count). The van der Waals surface area contributed by atoms with Gasteiger partial charge in [0, 0.05) is 29.6 Å². The van der Waals surface area contributed by atoms with Crippen molar-refractivity contribution in [1.82, 2.24) is 5.32 Å². The number of amides is 2. The van der Waals surface area contributed by atoms with Gasteiger partial charge in [-0.3, -0.25) is 14.4 Å². The highest BCUT2D eigenvalue weighted by Crippen LogP contribution is 2.38. The van der Waals surface area contributed by atoms with Crippen LogP contribution >= 0.6 is 22.9 Å². The Balaban J connectivity index is 1.66. The fourth-order valence-corrected chi connectivity index (χ4v) is 5.11. The maximum absolute atomic E-state index is 12.9. The van der Waals surface area contributed by atoms with Gasteiger partial charge in [0.2, 0.25) is 0 Å². The summed E-state index contributed by atoms with van der Waals surface area (Å²) in [6.07, 6.45) is 3.71. The van der Waals surface area contributed by atoms with Crippen molar-refractivity contribution >= 4 is 50.7 Å². The highest BCUT2D eigenvalue weighted by molar-refractivity contribution is 7.17. The molecule has 0 unspecified atom stereocenters. The van der Waals surface area contributed by atoms with Crippen molar-refractivity contribution in [2.45, 2.75) is 25.7 Å². The monoisotopic (exact) mass is 460 g/mol. The van der Waals surface area contributed by atoms with Gasteiger partial charge in [0.25, 0.3) is 11.8 Å². The van der Waals surface area contributed by atoms with E-state index in [1.165, 1.54) is 17.4 Å². The Morgan fingerprint density at radius 2 is 2.00 bits per heavy atom. The number of benzene rings is 1. The van der Waals surface area contributed by atoms with Crippen molar-refractivity contribution in [3.05, 3.63) is 61.3 Å². The summed E-state index contributed by atoms with van der Waals surface area (Å²) in [4.78, 5) is 39.3. The molecule has 0 fully saturated rings. The maximum Gasteiger partial charge on any atom is 0.292 e. The highest BCUT2D eigenvalue weighted by atomic mass is 35.5. The van der Waals surface area contributed by atoms with Crippen LogP contribution in [0.4, 0.5) is 5.00 Å². The van der Waals surface area contributed by atoms with Crippen LogP contribution in [0.2, 0.25) is 5.02 Å². The zero-order chi connectivity index (χ0) is 22.0. The predicted octanol–water partition coefficient (Wildman–Crippen LogP) is 4.02. The number of carbonyl (C=O) groups excluding carboxylic acids is 2. The summed E-state index contributed by atoms with van der Waals surface area (Å²) in [5.41, 5.74) is 1.37. The van der Waals surface area contributed by atoms with Crippen LogP contribution in [0.1, 0.15) is 44.2 Å². The summed E-state index contributed by atoms with van der Waals surface area (Å²) >= 11 is 7.34. The minimum Gasteiger partial charge on any atom is -0.451 e. The number of hydrogen-bond donors (Lipinski definition) is 2. The molecule has 2 N–H and O–H groups in total. The molecule has 2 amide bonds. The average molecular weight is 461 g/mol. The van der Waals surface area contributed by atoms with Crippen molar-refractivity contribution in [3.63, 3.8) is 0 Å². The number of hydrogen-bond acceptors (Lipinski definition) is 6. The SMILES string of the molecule is COCCNC(=O)c1c(NC(=O)c2cc(=O)c3cc(Cl)ccc3o2)sc2c1CCCC2. The van der Waals surface area contributed by atoms with Gasteiger partial charge in [0.1, 0.15) is 10.6 Å². The molecular weight excluding hydrogens is 440 g/mol. The van der Waals surface area contributed by atoms with Crippen molar-refractivity contribution in [2.24, 2.45) is 0 Å². The lowest BCUT2D eigenvalue weighted by atomic mass is 9.95. The number of rotatable bonds is 6. The average Bonchev–Trinajstić information content (AvgIpc) is 3.12. The fraction of sp³-hybridized carbons (Fsp3) is 0.318. The van der Waals surface area contributed by atoms with Crippen LogP contribution in [-0.2, 0) is 17.6 Å². The van der Waals surface area contributed by atoms with Crippen LogP contribution in [0.15, 0.2) is 33.5 Å². The fourth-order valence-electron chi connectivity index (χ4n) is 3.65. The molecule has 0 saturated heterocycles. The zero-order valence-corrected chi connectivity index (χ0v) is 18.5. The number of ether oxygens (including phenoxy) is 1. The largest absolute Gasteiger partial charge is 0.451 e. The predicted molar refractivity (Wildman–Crippen MR) is 121 cm³/mol. The summed E-state index contributed by atoms with van der Waals surface area (Å²) in [6, 6.07) is 5.78. The van der Waals surface area contributed by atoms with Gasteiger partial charge in [0.05, 0.1) is 17.6 Å². The molecule has 1 aromatic carbocycles. The Labute approximate surface area is 187 Å². The second-order valence-corrected chi connectivity index (χ2v) is 8.77. The molecule has 9 heteroatoms. The molecule has 0 atom stereocenters. The van der Waals surface area contributed by atoms with Gasteiger partial charge in [0.15, 0.2) is 11.2 Å². The molecule has 0 bridgehead atoms. The molecule has 31 heavy (non-hydrogen) atoms. The van der Waals surface area contributed by atoms with Gasteiger partial charge >= 0.3 is 0 Å². The van der Waals surface area contributed by atoms with Crippen LogP contribution in [0.5, 0.6) is 0 Å².